The number of rotatable bonds is 1. The SMILES string of the molecule is CCc1cc(O)c2c(c1)OCC2. The van der Waals surface area contributed by atoms with Crippen molar-refractivity contribution in [2.24, 2.45) is 0 Å². The lowest BCUT2D eigenvalue weighted by Gasteiger charge is -2.04. The van der Waals surface area contributed by atoms with Gasteiger partial charge in [-0.3, -0.25) is 0 Å². The fourth-order valence-corrected chi connectivity index (χ4v) is 1.53. The molecule has 1 aromatic carbocycles. The van der Waals surface area contributed by atoms with Crippen LogP contribution in [0.4, 0.5) is 0 Å². The highest BCUT2D eigenvalue weighted by atomic mass is 16.5. The van der Waals surface area contributed by atoms with Crippen molar-refractivity contribution in [3.8, 4) is 11.5 Å². The number of hydrogen-bond acceptors (Lipinski definition) is 2. The van der Waals surface area contributed by atoms with Gasteiger partial charge in [-0.1, -0.05) is 6.92 Å². The number of aryl methyl sites for hydroxylation is 1. The van der Waals surface area contributed by atoms with Crippen LogP contribution in [0.1, 0.15) is 18.1 Å². The molecule has 1 aliphatic heterocycles. The van der Waals surface area contributed by atoms with E-state index in [1.807, 2.05) is 12.1 Å². The standard InChI is InChI=1S/C10H12O2/c1-2-7-5-9(11)8-3-4-12-10(8)6-7/h5-6,11H,2-4H2,1H3. The highest BCUT2D eigenvalue weighted by Crippen LogP contribution is 2.34. The number of aromatic hydroxyl groups is 1. The molecule has 2 nitrogen and oxygen atoms in total. The van der Waals surface area contributed by atoms with Crippen molar-refractivity contribution in [1.29, 1.82) is 0 Å². The molecule has 0 radical (unpaired) electrons. The van der Waals surface area contributed by atoms with Crippen LogP contribution < -0.4 is 4.74 Å². The smallest absolute Gasteiger partial charge is 0.126 e. The van der Waals surface area contributed by atoms with Gasteiger partial charge in [0.15, 0.2) is 0 Å². The van der Waals surface area contributed by atoms with Crippen LogP contribution in [0, 0.1) is 0 Å². The van der Waals surface area contributed by atoms with E-state index in [0.717, 1.165) is 29.7 Å². The summed E-state index contributed by atoms with van der Waals surface area (Å²) in [6, 6.07) is 3.84. The van der Waals surface area contributed by atoms with Crippen molar-refractivity contribution in [1.82, 2.24) is 0 Å². The minimum atomic E-state index is 0.391. The zero-order valence-electron chi connectivity index (χ0n) is 7.13. The maximum atomic E-state index is 9.56. The summed E-state index contributed by atoms with van der Waals surface area (Å²) in [5.41, 5.74) is 2.10. The van der Waals surface area contributed by atoms with E-state index in [1.54, 1.807) is 0 Å². The molecule has 1 heterocycles. The molecule has 64 valence electrons. The van der Waals surface area contributed by atoms with E-state index in [1.165, 1.54) is 0 Å². The minimum Gasteiger partial charge on any atom is -0.508 e. The topological polar surface area (TPSA) is 29.5 Å². The molecule has 0 atom stereocenters. The molecule has 1 N–H and O–H groups in total. The third-order valence-electron chi connectivity index (χ3n) is 2.26. The first kappa shape index (κ1) is 7.47. The van der Waals surface area contributed by atoms with Gasteiger partial charge in [0.2, 0.25) is 0 Å². The summed E-state index contributed by atoms with van der Waals surface area (Å²) in [4.78, 5) is 0. The maximum absolute atomic E-state index is 9.56. The number of phenols is 1. The van der Waals surface area contributed by atoms with Gasteiger partial charge in [-0.05, 0) is 24.1 Å². The van der Waals surface area contributed by atoms with Crippen LogP contribution in [0.25, 0.3) is 0 Å². The second-order valence-electron chi connectivity index (χ2n) is 3.04. The van der Waals surface area contributed by atoms with Gasteiger partial charge in [0, 0.05) is 12.0 Å². The van der Waals surface area contributed by atoms with Gasteiger partial charge in [-0.2, -0.15) is 0 Å². The highest BCUT2D eigenvalue weighted by Gasteiger charge is 2.16. The van der Waals surface area contributed by atoms with E-state index in [2.05, 4.69) is 6.92 Å². The fraction of sp³-hybridized carbons (Fsp3) is 0.400. The van der Waals surface area contributed by atoms with E-state index in [9.17, 15) is 5.11 Å². The van der Waals surface area contributed by atoms with Crippen LogP contribution in [0.3, 0.4) is 0 Å². The summed E-state index contributed by atoms with van der Waals surface area (Å²) in [5.74, 6) is 1.26. The predicted octanol–water partition coefficient (Wildman–Crippen LogP) is 1.89. The van der Waals surface area contributed by atoms with Gasteiger partial charge in [0.1, 0.15) is 11.5 Å². The number of fused-ring (bicyclic) bond motifs is 1. The molecule has 0 fully saturated rings. The number of phenolic OH excluding ortho intramolecular Hbond substituents is 1. The molecule has 0 saturated carbocycles. The highest BCUT2D eigenvalue weighted by molar-refractivity contribution is 5.49. The molecule has 0 aromatic heterocycles. The third kappa shape index (κ3) is 1.04. The Morgan fingerprint density at radius 2 is 2.33 bits per heavy atom. The van der Waals surface area contributed by atoms with Crippen molar-refractivity contribution in [2.75, 3.05) is 6.61 Å². The summed E-state index contributed by atoms with van der Waals surface area (Å²) >= 11 is 0. The molecule has 0 aliphatic carbocycles. The van der Waals surface area contributed by atoms with Crippen LogP contribution in [0.15, 0.2) is 12.1 Å². The Hall–Kier alpha value is -1.18. The normalized spacial score (nSPS) is 14.1. The number of benzene rings is 1. The molecule has 12 heavy (non-hydrogen) atoms. The van der Waals surface area contributed by atoms with Crippen LogP contribution >= 0.6 is 0 Å². The Bertz CT molecular complexity index is 305. The fourth-order valence-electron chi connectivity index (χ4n) is 1.53. The predicted molar refractivity (Wildman–Crippen MR) is 46.7 cm³/mol. The average molecular weight is 164 g/mol. The summed E-state index contributed by atoms with van der Waals surface area (Å²) in [7, 11) is 0. The summed E-state index contributed by atoms with van der Waals surface area (Å²) in [6.07, 6.45) is 1.77. The summed E-state index contributed by atoms with van der Waals surface area (Å²) in [5, 5.41) is 9.56. The molecule has 0 saturated heterocycles. The lowest BCUT2D eigenvalue weighted by molar-refractivity contribution is 0.356. The van der Waals surface area contributed by atoms with E-state index < -0.39 is 0 Å². The summed E-state index contributed by atoms with van der Waals surface area (Å²) < 4.78 is 5.36. The largest absolute Gasteiger partial charge is 0.508 e. The van der Waals surface area contributed by atoms with Gasteiger partial charge >= 0.3 is 0 Å². The van der Waals surface area contributed by atoms with Crippen molar-refractivity contribution in [3.63, 3.8) is 0 Å². The van der Waals surface area contributed by atoms with Crippen LogP contribution in [0.2, 0.25) is 0 Å². The Balaban J connectivity index is 2.51. The van der Waals surface area contributed by atoms with Gasteiger partial charge in [-0.25, -0.2) is 0 Å². The molecular formula is C10H12O2. The second kappa shape index (κ2) is 2.70. The van der Waals surface area contributed by atoms with Crippen LogP contribution in [-0.4, -0.2) is 11.7 Å². The van der Waals surface area contributed by atoms with Gasteiger partial charge in [0.05, 0.1) is 6.61 Å². The molecule has 0 bridgehead atoms. The lowest BCUT2D eigenvalue weighted by atomic mass is 10.1. The monoisotopic (exact) mass is 164 g/mol. The molecule has 1 aliphatic rings. The number of hydrogen-bond donors (Lipinski definition) is 1. The van der Waals surface area contributed by atoms with Crippen molar-refractivity contribution >= 4 is 0 Å². The Kier molecular flexibility index (Phi) is 1.68. The van der Waals surface area contributed by atoms with Gasteiger partial charge in [-0.15, -0.1) is 0 Å². The quantitative estimate of drug-likeness (QED) is 0.686. The molecule has 2 rings (SSSR count). The summed E-state index contributed by atoms with van der Waals surface area (Å²) in [6.45, 7) is 2.77. The molecule has 0 amide bonds. The van der Waals surface area contributed by atoms with Crippen LogP contribution in [-0.2, 0) is 12.8 Å². The molecule has 1 aromatic rings. The first-order valence-electron chi connectivity index (χ1n) is 4.29. The Labute approximate surface area is 71.8 Å². The zero-order chi connectivity index (χ0) is 8.55. The Morgan fingerprint density at radius 1 is 1.50 bits per heavy atom. The number of ether oxygens (including phenoxy) is 1. The van der Waals surface area contributed by atoms with Gasteiger partial charge < -0.3 is 9.84 Å². The average Bonchev–Trinajstić information content (AvgIpc) is 2.52. The van der Waals surface area contributed by atoms with E-state index in [-0.39, 0.29) is 0 Å². The van der Waals surface area contributed by atoms with E-state index in [4.69, 9.17) is 4.74 Å². The van der Waals surface area contributed by atoms with E-state index in [0.29, 0.717) is 12.4 Å². The zero-order valence-corrected chi connectivity index (χ0v) is 7.13. The second-order valence-corrected chi connectivity index (χ2v) is 3.04. The molecule has 0 spiro atoms. The lowest BCUT2D eigenvalue weighted by Crippen LogP contribution is -1.86. The molecule has 2 heteroatoms. The third-order valence-corrected chi connectivity index (χ3v) is 2.26. The van der Waals surface area contributed by atoms with Crippen LogP contribution in [0.5, 0.6) is 11.5 Å². The van der Waals surface area contributed by atoms with Gasteiger partial charge in [0.25, 0.3) is 0 Å². The van der Waals surface area contributed by atoms with Crippen molar-refractivity contribution in [2.45, 2.75) is 19.8 Å². The maximum Gasteiger partial charge on any atom is 0.126 e. The van der Waals surface area contributed by atoms with Crippen molar-refractivity contribution in [3.05, 3.63) is 23.3 Å². The molecular weight excluding hydrogens is 152 g/mol. The van der Waals surface area contributed by atoms with Crippen molar-refractivity contribution < 1.29 is 9.84 Å². The molecule has 0 unspecified atom stereocenters. The minimum absolute atomic E-state index is 0.391. The van der Waals surface area contributed by atoms with E-state index >= 15 is 0 Å². The first-order valence-corrected chi connectivity index (χ1v) is 4.29. The Morgan fingerprint density at radius 3 is 3.08 bits per heavy atom. The first-order chi connectivity index (χ1) is 5.81.